The van der Waals surface area contributed by atoms with Gasteiger partial charge in [0.15, 0.2) is 12.1 Å². The van der Waals surface area contributed by atoms with Crippen molar-refractivity contribution in [3.63, 3.8) is 0 Å². The molecule has 6 rings (SSSR count). The highest BCUT2D eigenvalue weighted by Gasteiger charge is 2.42. The van der Waals surface area contributed by atoms with Crippen LogP contribution in [0.5, 0.6) is 5.88 Å². The smallest absolute Gasteiger partial charge is 0.407 e. The standard InChI is InChI=1S/C51H54N4O6S2/c1-49(2,3)61-48(59)54-40(35-63-51(37-21-11-6-12-22-37,38-23-13-7-14-24-38)39-25-15-8-16-26-39)33-53-44-30-29-43(42-28-18-17-27-41(42)36-19-9-5-10-20-36)55-46(44)60-34-45(56)50(52,47(57)58)31-32-62-4/h5-30,40,53H,31-35,52H2,1-4H3,(H,54,59)(H,57,58)/t40?,50-/m1/s1. The normalized spacial score (nSPS) is 13.0. The quantitative estimate of drug-likeness (QED) is 0.0428. The Bertz CT molecular complexity index is 2340. The number of hydrogen-bond acceptors (Lipinski definition) is 10. The number of carboxylic acid groups (broad SMARTS) is 1. The summed E-state index contributed by atoms with van der Waals surface area (Å²) in [6, 6.07) is 51.8. The zero-order valence-corrected chi connectivity index (χ0v) is 37.6. The molecule has 63 heavy (non-hydrogen) atoms. The Kier molecular flexibility index (Phi) is 15.7. The number of nitrogens with zero attached hydrogens (tertiary/aromatic N) is 1. The van der Waals surface area contributed by atoms with Gasteiger partial charge in [0.25, 0.3) is 0 Å². The minimum Gasteiger partial charge on any atom is -0.480 e. The number of rotatable bonds is 20. The molecule has 326 valence electrons. The lowest BCUT2D eigenvalue weighted by Gasteiger charge is -2.37. The van der Waals surface area contributed by atoms with E-state index in [0.717, 1.165) is 33.4 Å². The van der Waals surface area contributed by atoms with E-state index in [0.29, 0.717) is 22.9 Å². The molecule has 5 aromatic carbocycles. The van der Waals surface area contributed by atoms with Crippen LogP contribution in [0.4, 0.5) is 10.5 Å². The topological polar surface area (TPSA) is 153 Å². The molecule has 6 aromatic rings. The molecule has 0 spiro atoms. The molecule has 0 radical (unpaired) electrons. The number of nitrogens with two attached hydrogens (primary N) is 1. The molecule has 5 N–H and O–H groups in total. The number of pyridine rings is 1. The van der Waals surface area contributed by atoms with E-state index in [9.17, 15) is 19.5 Å². The zero-order valence-electron chi connectivity index (χ0n) is 36.0. The molecule has 0 aliphatic rings. The third-order valence-corrected chi connectivity index (χ3v) is 12.7. The zero-order chi connectivity index (χ0) is 44.9. The minimum absolute atomic E-state index is 0.0668. The van der Waals surface area contributed by atoms with E-state index in [1.54, 1.807) is 11.8 Å². The molecule has 0 saturated heterocycles. The number of thioether (sulfide) groups is 2. The van der Waals surface area contributed by atoms with Crippen LogP contribution in [0.15, 0.2) is 158 Å². The molecule has 0 bridgehead atoms. The van der Waals surface area contributed by atoms with Crippen molar-refractivity contribution in [1.82, 2.24) is 10.3 Å². The molecule has 1 heterocycles. The Morgan fingerprint density at radius 3 is 1.78 bits per heavy atom. The third kappa shape index (κ3) is 11.7. The number of anilines is 1. The highest BCUT2D eigenvalue weighted by Crippen LogP contribution is 2.48. The van der Waals surface area contributed by atoms with Gasteiger partial charge in [0.1, 0.15) is 5.60 Å². The van der Waals surface area contributed by atoms with Crippen molar-refractivity contribution in [2.45, 2.75) is 49.1 Å². The van der Waals surface area contributed by atoms with E-state index in [1.165, 1.54) is 11.8 Å². The summed E-state index contributed by atoms with van der Waals surface area (Å²) in [5.41, 5.74) is 10.3. The summed E-state index contributed by atoms with van der Waals surface area (Å²) >= 11 is 3.09. The molecule has 1 aromatic heterocycles. The first-order valence-electron chi connectivity index (χ1n) is 20.7. The molecule has 0 saturated carbocycles. The number of ether oxygens (including phenoxy) is 2. The number of alkyl carbamates (subject to hydrolysis) is 1. The van der Waals surface area contributed by atoms with Crippen molar-refractivity contribution < 1.29 is 29.0 Å². The Balaban J connectivity index is 1.37. The Hall–Kier alpha value is -6.08. The first-order chi connectivity index (χ1) is 30.3. The van der Waals surface area contributed by atoms with Crippen LogP contribution < -0.4 is 21.1 Å². The molecule has 10 nitrogen and oxygen atoms in total. The fourth-order valence-corrected chi connectivity index (χ4v) is 9.24. The minimum atomic E-state index is -2.14. The van der Waals surface area contributed by atoms with E-state index >= 15 is 0 Å². The number of ketones is 1. The van der Waals surface area contributed by atoms with Crippen LogP contribution in [0.2, 0.25) is 0 Å². The molecule has 0 fully saturated rings. The molecular weight excluding hydrogens is 829 g/mol. The van der Waals surface area contributed by atoms with Crippen LogP contribution in [-0.4, -0.2) is 76.0 Å². The lowest BCUT2D eigenvalue weighted by molar-refractivity contribution is -0.149. The van der Waals surface area contributed by atoms with Crippen molar-refractivity contribution in [3.05, 3.63) is 174 Å². The van der Waals surface area contributed by atoms with Crippen molar-refractivity contribution in [2.75, 3.05) is 36.2 Å². The lowest BCUT2D eigenvalue weighted by atomic mass is 9.84. The number of carboxylic acids is 1. The predicted octanol–water partition coefficient (Wildman–Crippen LogP) is 9.93. The summed E-state index contributed by atoms with van der Waals surface area (Å²) in [5, 5.41) is 16.6. The van der Waals surface area contributed by atoms with E-state index in [-0.39, 0.29) is 18.8 Å². The summed E-state index contributed by atoms with van der Waals surface area (Å²) in [4.78, 5) is 44.4. The van der Waals surface area contributed by atoms with Gasteiger partial charge in [-0.05, 0) is 79.2 Å². The summed E-state index contributed by atoms with van der Waals surface area (Å²) < 4.78 is 11.3. The van der Waals surface area contributed by atoms with Gasteiger partial charge in [-0.2, -0.15) is 11.8 Å². The van der Waals surface area contributed by atoms with Gasteiger partial charge >= 0.3 is 12.1 Å². The summed E-state index contributed by atoms with van der Waals surface area (Å²) in [6.07, 6.45) is 1.17. The lowest BCUT2D eigenvalue weighted by Crippen LogP contribution is -2.57. The van der Waals surface area contributed by atoms with Crippen LogP contribution in [0.3, 0.4) is 0 Å². The number of nitrogens with one attached hydrogen (secondary N) is 2. The number of hydrogen-bond donors (Lipinski definition) is 4. The number of carbonyl (C=O) groups is 3. The van der Waals surface area contributed by atoms with Crippen LogP contribution >= 0.6 is 23.5 Å². The maximum absolute atomic E-state index is 13.6. The van der Waals surface area contributed by atoms with Crippen LogP contribution in [0.25, 0.3) is 22.4 Å². The average Bonchev–Trinajstić information content (AvgIpc) is 3.30. The fourth-order valence-electron chi connectivity index (χ4n) is 7.16. The number of amides is 1. The van der Waals surface area contributed by atoms with Crippen LogP contribution in [0, 0.1) is 0 Å². The maximum Gasteiger partial charge on any atom is 0.407 e. The van der Waals surface area contributed by atoms with Gasteiger partial charge in [-0.1, -0.05) is 146 Å². The van der Waals surface area contributed by atoms with E-state index < -0.39 is 46.4 Å². The maximum atomic E-state index is 13.6. The molecule has 0 aliphatic carbocycles. The molecule has 1 unspecified atom stereocenters. The molecule has 1 amide bonds. The number of carbonyl (C=O) groups excluding carboxylic acids is 2. The van der Waals surface area contributed by atoms with E-state index in [2.05, 4.69) is 47.0 Å². The van der Waals surface area contributed by atoms with Gasteiger partial charge in [0, 0.05) is 17.9 Å². The first-order valence-corrected chi connectivity index (χ1v) is 23.1. The van der Waals surface area contributed by atoms with Gasteiger partial charge in [0.2, 0.25) is 11.7 Å². The van der Waals surface area contributed by atoms with E-state index in [1.807, 2.05) is 148 Å². The van der Waals surface area contributed by atoms with Crippen LogP contribution in [-0.2, 0) is 19.1 Å². The number of Topliss-reactive ketones (excluding diaryl/α,β-unsaturated/α-hetero) is 1. The molecule has 2 atom stereocenters. The average molecular weight is 883 g/mol. The van der Waals surface area contributed by atoms with Gasteiger partial charge in [-0.3, -0.25) is 4.79 Å². The first kappa shape index (κ1) is 46.4. The summed E-state index contributed by atoms with van der Waals surface area (Å²) in [5.74, 6) is -1.35. The Morgan fingerprint density at radius 2 is 1.25 bits per heavy atom. The van der Waals surface area contributed by atoms with Crippen molar-refractivity contribution in [1.29, 1.82) is 0 Å². The number of aliphatic carboxylic acids is 1. The summed E-state index contributed by atoms with van der Waals surface area (Å²) in [7, 11) is 0. The molecule has 12 heteroatoms. The highest BCUT2D eigenvalue weighted by molar-refractivity contribution is 8.00. The van der Waals surface area contributed by atoms with Crippen molar-refractivity contribution >= 4 is 47.1 Å². The van der Waals surface area contributed by atoms with E-state index in [4.69, 9.17) is 20.2 Å². The second-order valence-corrected chi connectivity index (χ2v) is 18.2. The fraction of sp³-hybridized carbons (Fsp3) is 0.255. The molecule has 0 aliphatic heterocycles. The van der Waals surface area contributed by atoms with Gasteiger partial charge in [-0.15, -0.1) is 11.8 Å². The van der Waals surface area contributed by atoms with Gasteiger partial charge < -0.3 is 30.9 Å². The van der Waals surface area contributed by atoms with Gasteiger partial charge in [0.05, 0.1) is 22.2 Å². The SMILES string of the molecule is CSCC[C@](N)(C(=O)O)C(=O)COc1nc(-c2ccccc2-c2ccccc2)ccc1NCC(CSC(c1ccccc1)(c1ccccc1)c1ccccc1)NC(=O)OC(C)(C)C. The largest absolute Gasteiger partial charge is 0.480 e. The third-order valence-electron chi connectivity index (χ3n) is 10.4. The second-order valence-electron chi connectivity index (χ2n) is 16.0. The van der Waals surface area contributed by atoms with Crippen molar-refractivity contribution in [3.8, 4) is 28.3 Å². The van der Waals surface area contributed by atoms with Crippen molar-refractivity contribution in [2.24, 2.45) is 5.73 Å². The molecular formula is C51H54N4O6S2. The van der Waals surface area contributed by atoms with Crippen LogP contribution in [0.1, 0.15) is 43.9 Å². The highest BCUT2D eigenvalue weighted by atomic mass is 32.2. The Labute approximate surface area is 378 Å². The predicted molar refractivity (Wildman–Crippen MR) is 256 cm³/mol. The van der Waals surface area contributed by atoms with Gasteiger partial charge in [-0.25, -0.2) is 14.6 Å². The summed E-state index contributed by atoms with van der Waals surface area (Å²) in [6.45, 7) is 5.00. The number of benzene rings is 5. The second kappa shape index (κ2) is 21.3. The Morgan fingerprint density at radius 1 is 0.730 bits per heavy atom. The monoisotopic (exact) mass is 882 g/mol. The number of aromatic nitrogens is 1.